The number of anilines is 1. The fraction of sp³-hybridized carbons (Fsp3) is 0.150. The summed E-state index contributed by atoms with van der Waals surface area (Å²) in [5.41, 5.74) is 1.57. The number of aromatic nitrogens is 1. The fourth-order valence-electron chi connectivity index (χ4n) is 2.71. The minimum absolute atomic E-state index is 0.00169. The largest absolute Gasteiger partial charge is 0.449 e. The number of para-hydroxylation sites is 1. The smallest absolute Gasteiger partial charge is 0.339 e. The standard InChI is InChI=1S/C20H16ClN3O5/c1-11-9-15(14-5-3-4-6-17(14)22-11)20(26)29-12(2)19(25)23-18-8-7-13(24(27)28)10-16(18)21/h3-10,12H,1-2H3,(H,23,25). The molecule has 0 fully saturated rings. The molecule has 0 saturated carbocycles. The Hall–Kier alpha value is -3.52. The maximum Gasteiger partial charge on any atom is 0.339 e. The highest BCUT2D eigenvalue weighted by atomic mass is 35.5. The first-order valence-electron chi connectivity index (χ1n) is 8.58. The predicted octanol–water partition coefficient (Wildman–Crippen LogP) is 4.29. The minimum atomic E-state index is -1.12. The van der Waals surface area contributed by atoms with Crippen LogP contribution in [-0.4, -0.2) is 27.9 Å². The summed E-state index contributed by atoms with van der Waals surface area (Å²) in [4.78, 5) is 39.6. The number of rotatable bonds is 5. The van der Waals surface area contributed by atoms with E-state index in [0.29, 0.717) is 22.2 Å². The van der Waals surface area contributed by atoms with Crippen molar-refractivity contribution in [1.82, 2.24) is 4.98 Å². The highest BCUT2D eigenvalue weighted by Gasteiger charge is 2.22. The highest BCUT2D eigenvalue weighted by Crippen LogP contribution is 2.27. The zero-order chi connectivity index (χ0) is 21.1. The molecule has 1 N–H and O–H groups in total. The van der Waals surface area contributed by atoms with Gasteiger partial charge in [0, 0.05) is 23.2 Å². The number of carbonyl (C=O) groups is 2. The van der Waals surface area contributed by atoms with Gasteiger partial charge >= 0.3 is 5.97 Å². The molecule has 2 aromatic carbocycles. The van der Waals surface area contributed by atoms with E-state index in [1.807, 2.05) is 6.07 Å². The Morgan fingerprint density at radius 3 is 2.62 bits per heavy atom. The number of pyridine rings is 1. The molecule has 8 nitrogen and oxygen atoms in total. The molecule has 148 valence electrons. The van der Waals surface area contributed by atoms with Gasteiger partial charge in [0.25, 0.3) is 11.6 Å². The second kappa shape index (κ2) is 8.24. The van der Waals surface area contributed by atoms with Gasteiger partial charge < -0.3 is 10.1 Å². The molecular weight excluding hydrogens is 398 g/mol. The summed E-state index contributed by atoms with van der Waals surface area (Å²) in [7, 11) is 0. The molecule has 3 rings (SSSR count). The number of hydrogen-bond acceptors (Lipinski definition) is 6. The zero-order valence-corrected chi connectivity index (χ0v) is 16.3. The van der Waals surface area contributed by atoms with E-state index in [4.69, 9.17) is 16.3 Å². The predicted molar refractivity (Wildman–Crippen MR) is 108 cm³/mol. The number of ether oxygens (including phenoxy) is 1. The lowest BCUT2D eigenvalue weighted by atomic mass is 10.1. The van der Waals surface area contributed by atoms with Crippen molar-refractivity contribution < 1.29 is 19.2 Å². The number of hydrogen-bond donors (Lipinski definition) is 1. The van der Waals surface area contributed by atoms with Gasteiger partial charge in [-0.15, -0.1) is 0 Å². The molecule has 0 aliphatic rings. The summed E-state index contributed by atoms with van der Waals surface area (Å²) in [5.74, 6) is -1.28. The Bertz CT molecular complexity index is 1130. The van der Waals surface area contributed by atoms with Crippen molar-refractivity contribution in [3.05, 3.63) is 74.9 Å². The Morgan fingerprint density at radius 2 is 1.93 bits per heavy atom. The van der Waals surface area contributed by atoms with Crippen LogP contribution < -0.4 is 5.32 Å². The molecule has 1 heterocycles. The van der Waals surface area contributed by atoms with Crippen molar-refractivity contribution >= 4 is 45.8 Å². The lowest BCUT2D eigenvalue weighted by Crippen LogP contribution is -2.30. The van der Waals surface area contributed by atoms with Crippen molar-refractivity contribution in [2.45, 2.75) is 20.0 Å². The van der Waals surface area contributed by atoms with Crippen LogP contribution in [0, 0.1) is 17.0 Å². The summed E-state index contributed by atoms with van der Waals surface area (Å²) in [6, 6.07) is 12.4. The number of halogens is 1. The fourth-order valence-corrected chi connectivity index (χ4v) is 2.93. The van der Waals surface area contributed by atoms with Crippen LogP contribution in [0.2, 0.25) is 5.02 Å². The maximum absolute atomic E-state index is 12.6. The van der Waals surface area contributed by atoms with Crippen LogP contribution in [0.4, 0.5) is 11.4 Å². The quantitative estimate of drug-likeness (QED) is 0.379. The normalized spacial score (nSPS) is 11.7. The number of aryl methyl sites for hydroxylation is 1. The summed E-state index contributed by atoms with van der Waals surface area (Å²) in [6.45, 7) is 3.18. The SMILES string of the molecule is Cc1cc(C(=O)OC(C)C(=O)Nc2ccc([N+](=O)[O-])cc2Cl)c2ccccc2n1. The van der Waals surface area contributed by atoms with E-state index in [1.54, 1.807) is 31.2 Å². The van der Waals surface area contributed by atoms with Crippen molar-refractivity contribution in [2.24, 2.45) is 0 Å². The highest BCUT2D eigenvalue weighted by molar-refractivity contribution is 6.34. The average molecular weight is 414 g/mol. The first-order valence-corrected chi connectivity index (χ1v) is 8.96. The first-order chi connectivity index (χ1) is 13.8. The second-order valence-electron chi connectivity index (χ2n) is 6.29. The Balaban J connectivity index is 1.75. The van der Waals surface area contributed by atoms with Crippen molar-refractivity contribution in [3.63, 3.8) is 0 Å². The molecule has 29 heavy (non-hydrogen) atoms. The molecule has 1 aromatic heterocycles. The molecule has 1 amide bonds. The van der Waals surface area contributed by atoms with Gasteiger partial charge in [-0.1, -0.05) is 29.8 Å². The van der Waals surface area contributed by atoms with Crippen LogP contribution in [0.1, 0.15) is 23.0 Å². The van der Waals surface area contributed by atoms with Crippen LogP contribution in [-0.2, 0) is 9.53 Å². The van der Waals surface area contributed by atoms with E-state index in [2.05, 4.69) is 10.3 Å². The molecule has 0 aliphatic carbocycles. The molecule has 0 radical (unpaired) electrons. The van der Waals surface area contributed by atoms with Crippen molar-refractivity contribution in [3.8, 4) is 0 Å². The molecule has 1 unspecified atom stereocenters. The molecule has 0 bridgehead atoms. The molecule has 0 saturated heterocycles. The molecule has 3 aromatic rings. The topological polar surface area (TPSA) is 111 Å². The van der Waals surface area contributed by atoms with E-state index in [0.717, 1.165) is 6.07 Å². The lowest BCUT2D eigenvalue weighted by Gasteiger charge is -2.15. The number of non-ortho nitro benzene ring substituents is 1. The van der Waals surface area contributed by atoms with E-state index < -0.39 is 22.9 Å². The number of nitro groups is 1. The summed E-state index contributed by atoms with van der Waals surface area (Å²) >= 11 is 5.97. The molecule has 9 heteroatoms. The van der Waals surface area contributed by atoms with Gasteiger partial charge in [0.1, 0.15) is 0 Å². The number of nitrogens with one attached hydrogen (secondary N) is 1. The third-order valence-corrected chi connectivity index (χ3v) is 4.45. The van der Waals surface area contributed by atoms with Crippen molar-refractivity contribution in [1.29, 1.82) is 0 Å². The Kier molecular flexibility index (Phi) is 5.74. The van der Waals surface area contributed by atoms with E-state index >= 15 is 0 Å². The number of fused-ring (bicyclic) bond motifs is 1. The van der Waals surface area contributed by atoms with Gasteiger partial charge in [0.15, 0.2) is 6.10 Å². The van der Waals surface area contributed by atoms with Crippen LogP contribution in [0.5, 0.6) is 0 Å². The average Bonchev–Trinajstić information content (AvgIpc) is 2.68. The summed E-state index contributed by atoms with van der Waals surface area (Å²) in [6.07, 6.45) is -1.12. The van der Waals surface area contributed by atoms with Crippen LogP contribution in [0.3, 0.4) is 0 Å². The Labute approximate surface area is 170 Å². The molecule has 0 spiro atoms. The molecular formula is C20H16ClN3O5. The summed E-state index contributed by atoms with van der Waals surface area (Å²) < 4.78 is 5.31. The minimum Gasteiger partial charge on any atom is -0.449 e. The second-order valence-corrected chi connectivity index (χ2v) is 6.69. The third-order valence-electron chi connectivity index (χ3n) is 4.14. The van der Waals surface area contributed by atoms with E-state index in [1.165, 1.54) is 19.1 Å². The number of nitro benzene ring substituents is 1. The summed E-state index contributed by atoms with van der Waals surface area (Å²) in [5, 5.41) is 13.9. The van der Waals surface area contributed by atoms with Gasteiger partial charge in [-0.05, 0) is 32.0 Å². The van der Waals surface area contributed by atoms with E-state index in [-0.39, 0.29) is 16.4 Å². The van der Waals surface area contributed by atoms with Crippen molar-refractivity contribution in [2.75, 3.05) is 5.32 Å². The Morgan fingerprint density at radius 1 is 1.21 bits per heavy atom. The van der Waals surface area contributed by atoms with E-state index in [9.17, 15) is 19.7 Å². The molecule has 0 aliphatic heterocycles. The number of amides is 1. The molecule has 1 atom stereocenters. The number of benzene rings is 2. The number of nitrogens with zero attached hydrogens (tertiary/aromatic N) is 2. The van der Waals surface area contributed by atoms with Gasteiger partial charge in [-0.2, -0.15) is 0 Å². The van der Waals surface area contributed by atoms with Crippen LogP contribution >= 0.6 is 11.6 Å². The monoisotopic (exact) mass is 413 g/mol. The number of carbonyl (C=O) groups excluding carboxylic acids is 2. The maximum atomic E-state index is 12.6. The van der Waals surface area contributed by atoms with Gasteiger partial charge in [-0.3, -0.25) is 19.9 Å². The van der Waals surface area contributed by atoms with Gasteiger partial charge in [0.2, 0.25) is 0 Å². The number of esters is 1. The van der Waals surface area contributed by atoms with Crippen LogP contribution in [0.25, 0.3) is 10.9 Å². The lowest BCUT2D eigenvalue weighted by molar-refractivity contribution is -0.384. The van der Waals surface area contributed by atoms with Crippen LogP contribution in [0.15, 0.2) is 48.5 Å². The first kappa shape index (κ1) is 20.2. The van der Waals surface area contributed by atoms with Gasteiger partial charge in [-0.25, -0.2) is 4.79 Å². The zero-order valence-electron chi connectivity index (χ0n) is 15.5. The van der Waals surface area contributed by atoms with Gasteiger partial charge in [0.05, 0.1) is 26.7 Å². The third kappa shape index (κ3) is 4.49.